The largest absolute Gasteiger partial charge is 1.00 e. The van der Waals surface area contributed by atoms with Crippen LogP contribution in [0.1, 0.15) is 0 Å². The summed E-state index contributed by atoms with van der Waals surface area (Å²) in [6, 6.07) is 0. The van der Waals surface area contributed by atoms with E-state index in [1.54, 1.807) is 11.8 Å². The maximum absolute atomic E-state index is 4.09. The third-order valence-electron chi connectivity index (χ3n) is 1.12. The Bertz CT molecular complexity index is 207. The molecular weight excluding hydrogens is 156 g/mol. The van der Waals surface area contributed by atoms with Crippen LogP contribution in [0.4, 0.5) is 0 Å². The summed E-state index contributed by atoms with van der Waals surface area (Å²) >= 11 is 1.77. The quantitative estimate of drug-likeness (QED) is 0.363. The first-order valence-electron chi connectivity index (χ1n) is 2.46. The molecule has 2 rings (SSSR count). The Morgan fingerprint density at radius 3 is 3.33 bits per heavy atom. The monoisotopic (exact) mass is 160 g/mol. The molecule has 0 saturated heterocycles. The van der Waals surface area contributed by atoms with Crippen molar-refractivity contribution in [2.75, 3.05) is 5.75 Å². The molecule has 0 aromatic rings. The summed E-state index contributed by atoms with van der Waals surface area (Å²) in [6.45, 7) is 0. The SMILES string of the molecule is C1=C[N+]2=CCSC2=N1.[Cl-]. The third-order valence-corrected chi connectivity index (χ3v) is 2.01. The molecule has 0 aromatic carbocycles. The fraction of sp³-hybridized carbons (Fsp3) is 0.200. The van der Waals surface area contributed by atoms with E-state index in [4.69, 9.17) is 0 Å². The fourth-order valence-electron chi connectivity index (χ4n) is 0.742. The van der Waals surface area contributed by atoms with Gasteiger partial charge in [0.1, 0.15) is 6.20 Å². The molecule has 0 bridgehead atoms. The van der Waals surface area contributed by atoms with E-state index in [1.807, 2.05) is 17.0 Å². The number of halogens is 1. The highest BCUT2D eigenvalue weighted by Gasteiger charge is 2.22. The summed E-state index contributed by atoms with van der Waals surface area (Å²) in [5.41, 5.74) is 0. The number of hydrogen-bond acceptors (Lipinski definition) is 2. The molecule has 0 fully saturated rings. The molecule has 9 heavy (non-hydrogen) atoms. The highest BCUT2D eigenvalue weighted by atomic mass is 35.5. The van der Waals surface area contributed by atoms with E-state index in [9.17, 15) is 0 Å². The van der Waals surface area contributed by atoms with Crippen LogP contribution in [-0.2, 0) is 0 Å². The Balaban J connectivity index is 0.000000405. The van der Waals surface area contributed by atoms with Crippen molar-refractivity contribution in [3.8, 4) is 0 Å². The lowest BCUT2D eigenvalue weighted by atomic mass is 10.8. The molecule has 48 valence electrons. The molecule has 0 aromatic heterocycles. The zero-order chi connectivity index (χ0) is 5.40. The van der Waals surface area contributed by atoms with Gasteiger partial charge in [0.15, 0.2) is 6.20 Å². The molecule has 0 saturated carbocycles. The van der Waals surface area contributed by atoms with Gasteiger partial charge in [-0.3, -0.25) is 0 Å². The van der Waals surface area contributed by atoms with Crippen LogP contribution in [0.2, 0.25) is 0 Å². The number of hydrogen-bond donors (Lipinski definition) is 0. The predicted octanol–water partition coefficient (Wildman–Crippen LogP) is -2.34. The number of fused-ring (bicyclic) bond motifs is 1. The molecule has 2 heterocycles. The smallest absolute Gasteiger partial charge is 0.364 e. The number of rotatable bonds is 0. The Hall–Kier alpha value is -0.280. The lowest BCUT2D eigenvalue weighted by molar-refractivity contribution is -0.305. The minimum Gasteiger partial charge on any atom is -1.00 e. The van der Waals surface area contributed by atoms with Crippen LogP contribution in [0.15, 0.2) is 17.4 Å². The van der Waals surface area contributed by atoms with Crippen LogP contribution in [0.5, 0.6) is 0 Å². The summed E-state index contributed by atoms with van der Waals surface area (Å²) in [5, 5.41) is 1.12. The lowest BCUT2D eigenvalue weighted by Crippen LogP contribution is -3.00. The average Bonchev–Trinajstić information content (AvgIpc) is 2.15. The molecule has 0 spiro atoms. The van der Waals surface area contributed by atoms with Crippen molar-refractivity contribution in [3.63, 3.8) is 0 Å². The lowest BCUT2D eigenvalue weighted by Gasteiger charge is -1.78. The fourth-order valence-corrected chi connectivity index (χ4v) is 1.55. The summed E-state index contributed by atoms with van der Waals surface area (Å²) in [5.74, 6) is 1.07. The van der Waals surface area contributed by atoms with Crippen LogP contribution in [-0.4, -0.2) is 21.7 Å². The minimum absolute atomic E-state index is 0. The summed E-state index contributed by atoms with van der Waals surface area (Å²) in [4.78, 5) is 4.09. The molecule has 0 amide bonds. The van der Waals surface area contributed by atoms with E-state index in [2.05, 4.69) is 11.2 Å². The van der Waals surface area contributed by atoms with Gasteiger partial charge in [-0.2, -0.15) is 4.58 Å². The molecule has 0 radical (unpaired) electrons. The van der Waals surface area contributed by atoms with Gasteiger partial charge in [0.25, 0.3) is 0 Å². The normalized spacial score (nSPS) is 20.4. The van der Waals surface area contributed by atoms with Crippen molar-refractivity contribution >= 4 is 23.1 Å². The number of nitrogens with zero attached hydrogens (tertiary/aromatic N) is 2. The zero-order valence-corrected chi connectivity index (χ0v) is 6.19. The first-order chi connectivity index (χ1) is 3.97. The first kappa shape index (κ1) is 6.83. The molecular formula is C5H5ClN2S. The molecule has 0 atom stereocenters. The van der Waals surface area contributed by atoms with Crippen molar-refractivity contribution in [1.82, 2.24) is 0 Å². The van der Waals surface area contributed by atoms with Crippen molar-refractivity contribution < 1.29 is 17.0 Å². The highest BCUT2D eigenvalue weighted by molar-refractivity contribution is 8.14. The maximum atomic E-state index is 4.09. The van der Waals surface area contributed by atoms with Gasteiger partial charge in [-0.1, -0.05) is 0 Å². The van der Waals surface area contributed by atoms with Crippen molar-refractivity contribution in [3.05, 3.63) is 12.4 Å². The number of thioether (sulfide) groups is 1. The summed E-state index contributed by atoms with van der Waals surface area (Å²) in [6.07, 6.45) is 5.90. The molecule has 0 unspecified atom stereocenters. The van der Waals surface area contributed by atoms with E-state index in [1.165, 1.54) is 0 Å². The topological polar surface area (TPSA) is 15.4 Å². The van der Waals surface area contributed by atoms with Gasteiger partial charge in [-0.05, 0) is 16.8 Å². The Labute approximate surface area is 63.8 Å². The van der Waals surface area contributed by atoms with Gasteiger partial charge in [0.2, 0.25) is 0 Å². The van der Waals surface area contributed by atoms with E-state index >= 15 is 0 Å². The average molecular weight is 161 g/mol. The van der Waals surface area contributed by atoms with Gasteiger partial charge >= 0.3 is 5.17 Å². The molecule has 0 aliphatic carbocycles. The Kier molecular flexibility index (Phi) is 1.93. The van der Waals surface area contributed by atoms with Crippen LogP contribution in [0.25, 0.3) is 0 Å². The van der Waals surface area contributed by atoms with E-state index in [-0.39, 0.29) is 12.4 Å². The Morgan fingerprint density at radius 2 is 2.56 bits per heavy atom. The molecule has 4 heteroatoms. The second kappa shape index (κ2) is 2.54. The van der Waals surface area contributed by atoms with Crippen molar-refractivity contribution in [2.24, 2.45) is 4.99 Å². The molecule has 0 N–H and O–H groups in total. The summed E-state index contributed by atoms with van der Waals surface area (Å²) < 4.78 is 2.05. The van der Waals surface area contributed by atoms with Crippen LogP contribution in [0, 0.1) is 0 Å². The standard InChI is InChI=1S/C5H5N2S.ClH/c1-2-7-3-4-8-5(7)6-1;/h1-3H,4H2;1H/q+1;/p-1. The molecule has 2 nitrogen and oxygen atoms in total. The summed E-state index contributed by atoms with van der Waals surface area (Å²) in [7, 11) is 0. The molecule has 2 aliphatic rings. The second-order valence-electron chi connectivity index (χ2n) is 1.61. The number of amidine groups is 1. The van der Waals surface area contributed by atoms with Gasteiger partial charge in [0, 0.05) is 0 Å². The predicted molar refractivity (Wildman–Crippen MR) is 35.4 cm³/mol. The van der Waals surface area contributed by atoms with Crippen molar-refractivity contribution in [1.29, 1.82) is 0 Å². The highest BCUT2D eigenvalue weighted by Crippen LogP contribution is 2.14. The molecule has 2 aliphatic heterocycles. The van der Waals surface area contributed by atoms with Gasteiger partial charge in [-0.25, -0.2) is 0 Å². The van der Waals surface area contributed by atoms with Crippen molar-refractivity contribution in [2.45, 2.75) is 0 Å². The van der Waals surface area contributed by atoms with Crippen LogP contribution < -0.4 is 12.4 Å². The van der Waals surface area contributed by atoms with Gasteiger partial charge < -0.3 is 12.4 Å². The van der Waals surface area contributed by atoms with Gasteiger partial charge in [0.05, 0.1) is 12.0 Å². The van der Waals surface area contributed by atoms with E-state index in [0.29, 0.717) is 0 Å². The van der Waals surface area contributed by atoms with Gasteiger partial charge in [-0.15, -0.1) is 0 Å². The zero-order valence-electron chi connectivity index (χ0n) is 4.62. The Morgan fingerprint density at radius 1 is 1.67 bits per heavy atom. The van der Waals surface area contributed by atoms with E-state index < -0.39 is 0 Å². The second-order valence-corrected chi connectivity index (χ2v) is 2.60. The maximum Gasteiger partial charge on any atom is 0.364 e. The first-order valence-corrected chi connectivity index (χ1v) is 3.44. The third kappa shape index (κ3) is 1.02. The van der Waals surface area contributed by atoms with Crippen LogP contribution >= 0.6 is 11.8 Å². The van der Waals surface area contributed by atoms with Crippen LogP contribution in [0.3, 0.4) is 0 Å². The minimum atomic E-state index is 0. The number of aliphatic imine (C=N–C) groups is 1. The van der Waals surface area contributed by atoms with E-state index in [0.717, 1.165) is 10.9 Å².